The van der Waals surface area contributed by atoms with Crippen LogP contribution in [0, 0.1) is 0 Å². The molecule has 0 spiro atoms. The van der Waals surface area contributed by atoms with E-state index in [4.69, 9.17) is 5.53 Å². The number of aliphatic imine (C=N–C) groups is 2. The number of nitrogens with zero attached hydrogens (tertiary/aromatic N) is 4. The minimum atomic E-state index is -0.629. The van der Waals surface area contributed by atoms with Crippen molar-refractivity contribution in [2.24, 2.45) is 9.98 Å². The molecule has 0 amide bonds. The third-order valence-corrected chi connectivity index (χ3v) is 1.32. The number of carbonyl (C=O) groups excluding carboxylic acids is 1. The number of rotatable bonds is 2. The number of ether oxygens (including phenoxy) is 1. The van der Waals surface area contributed by atoms with Gasteiger partial charge in [-0.25, -0.2) is 4.79 Å². The first-order chi connectivity index (χ1) is 6.19. The summed E-state index contributed by atoms with van der Waals surface area (Å²) in [6.07, 6.45) is 0. The molecular weight excluding hydrogens is 172 g/mol. The fourth-order valence-corrected chi connectivity index (χ4v) is 0.849. The summed E-state index contributed by atoms with van der Waals surface area (Å²) in [7, 11) is 0. The van der Waals surface area contributed by atoms with Gasteiger partial charge in [-0.1, -0.05) is 0 Å². The molecule has 0 bridgehead atoms. The zero-order chi connectivity index (χ0) is 9.84. The predicted molar refractivity (Wildman–Crippen MR) is 45.8 cm³/mol. The summed E-state index contributed by atoms with van der Waals surface area (Å²) in [4.78, 5) is 21.4. The van der Waals surface area contributed by atoms with E-state index < -0.39 is 5.97 Å². The van der Waals surface area contributed by atoms with Crippen molar-refractivity contribution >= 4 is 23.4 Å². The molecule has 0 N–H and O–H groups in total. The highest BCUT2D eigenvalue weighted by Gasteiger charge is 2.32. The second-order valence-corrected chi connectivity index (χ2v) is 2.26. The highest BCUT2D eigenvalue weighted by Crippen LogP contribution is 1.99. The van der Waals surface area contributed by atoms with Crippen LogP contribution in [-0.2, 0) is 9.53 Å². The summed E-state index contributed by atoms with van der Waals surface area (Å²) in [5, 5.41) is 0. The van der Waals surface area contributed by atoms with Gasteiger partial charge < -0.3 is 15.1 Å². The Balaban J connectivity index is 2.90. The maximum absolute atomic E-state index is 11.1. The molecule has 6 nitrogen and oxygen atoms in total. The van der Waals surface area contributed by atoms with Crippen molar-refractivity contribution in [2.45, 2.75) is 13.8 Å². The first-order valence-corrected chi connectivity index (χ1v) is 3.72. The number of hydrogen-bond acceptors (Lipinski definition) is 3. The molecule has 1 aliphatic heterocycles. The molecule has 0 aromatic rings. The summed E-state index contributed by atoms with van der Waals surface area (Å²) in [6.45, 7) is 3.52. The van der Waals surface area contributed by atoms with Crippen LogP contribution >= 0.6 is 0 Å². The van der Waals surface area contributed by atoms with Gasteiger partial charge in [0.1, 0.15) is 0 Å². The third-order valence-electron chi connectivity index (χ3n) is 1.32. The van der Waals surface area contributed by atoms with E-state index in [-0.39, 0.29) is 18.2 Å². The summed E-state index contributed by atoms with van der Waals surface area (Å²) in [6, 6.07) is 0. The molecular formula is C7H8N4O2. The van der Waals surface area contributed by atoms with Crippen LogP contribution in [0.2, 0.25) is 0 Å². The number of carbonyl (C=O) groups is 1. The van der Waals surface area contributed by atoms with Crippen molar-refractivity contribution in [3.63, 3.8) is 0 Å². The van der Waals surface area contributed by atoms with Crippen molar-refractivity contribution in [3.8, 4) is 0 Å². The zero-order valence-electron chi connectivity index (χ0n) is 7.31. The van der Waals surface area contributed by atoms with Crippen molar-refractivity contribution < 1.29 is 14.3 Å². The normalized spacial score (nSPS) is 14.8. The minimum Gasteiger partial charge on any atom is -0.497 e. The van der Waals surface area contributed by atoms with E-state index >= 15 is 0 Å². The second-order valence-electron chi connectivity index (χ2n) is 2.26. The lowest BCUT2D eigenvalue weighted by atomic mass is 10.3. The fourth-order valence-electron chi connectivity index (χ4n) is 0.849. The van der Waals surface area contributed by atoms with E-state index in [1.165, 1.54) is 0 Å². The summed E-state index contributed by atoms with van der Waals surface area (Å²) in [5.41, 5.74) is 8.41. The first-order valence-electron chi connectivity index (χ1n) is 3.72. The van der Waals surface area contributed by atoms with E-state index in [1.807, 2.05) is 0 Å². The zero-order valence-corrected chi connectivity index (χ0v) is 7.31. The van der Waals surface area contributed by atoms with Crippen LogP contribution in [-0.4, -0.2) is 34.7 Å². The Kier molecular flexibility index (Phi) is 2.66. The van der Waals surface area contributed by atoms with Crippen LogP contribution in [0.3, 0.4) is 0 Å². The first kappa shape index (κ1) is 9.28. The molecule has 68 valence electrons. The monoisotopic (exact) mass is 180 g/mol. The molecule has 0 aromatic carbocycles. The van der Waals surface area contributed by atoms with Crippen LogP contribution in [0.15, 0.2) is 9.98 Å². The van der Waals surface area contributed by atoms with Gasteiger partial charge in [0.15, 0.2) is 0 Å². The second kappa shape index (κ2) is 3.73. The molecule has 6 heteroatoms. The Morgan fingerprint density at radius 3 is 2.85 bits per heavy atom. The Labute approximate surface area is 74.6 Å². The Bertz CT molecular complexity index is 350. The minimum absolute atomic E-state index is 0.0538. The molecule has 0 fully saturated rings. The quantitative estimate of drug-likeness (QED) is 0.341. The lowest BCUT2D eigenvalue weighted by molar-refractivity contribution is -0.134. The Morgan fingerprint density at radius 1 is 1.62 bits per heavy atom. The smallest absolute Gasteiger partial charge is 0.436 e. The summed E-state index contributed by atoms with van der Waals surface area (Å²) >= 11 is 0. The molecule has 0 aliphatic carbocycles. The maximum Gasteiger partial charge on any atom is 0.436 e. The standard InChI is InChI=1S/C7H8N4O2/c1-3-13-7(12)5-6(11-8)10-4(2)9-5/h3H2,1-2H3. The molecule has 13 heavy (non-hydrogen) atoms. The van der Waals surface area contributed by atoms with Gasteiger partial charge in [0.25, 0.3) is 5.71 Å². The van der Waals surface area contributed by atoms with E-state index in [0.717, 1.165) is 0 Å². The molecule has 0 aromatic heterocycles. The Morgan fingerprint density at radius 2 is 2.31 bits per heavy atom. The third kappa shape index (κ3) is 1.86. The molecule has 0 unspecified atom stereocenters. The van der Waals surface area contributed by atoms with Crippen LogP contribution in [0.1, 0.15) is 13.8 Å². The molecule has 1 heterocycles. The van der Waals surface area contributed by atoms with Crippen LogP contribution in [0.25, 0.3) is 5.53 Å². The van der Waals surface area contributed by atoms with Crippen LogP contribution < -0.4 is 0 Å². The van der Waals surface area contributed by atoms with Gasteiger partial charge in [0, 0.05) is 6.92 Å². The van der Waals surface area contributed by atoms with Crippen LogP contribution in [0.4, 0.5) is 0 Å². The van der Waals surface area contributed by atoms with E-state index in [1.54, 1.807) is 13.8 Å². The molecule has 1 rings (SSSR count). The lowest BCUT2D eigenvalue weighted by Gasteiger charge is -1.95. The van der Waals surface area contributed by atoms with E-state index in [9.17, 15) is 4.79 Å². The SMILES string of the molecule is CCOC(=O)C1=NC(C)=NC1=[N+]=[N-]. The van der Waals surface area contributed by atoms with Gasteiger partial charge in [-0.2, -0.15) is 4.99 Å². The molecule has 0 radical (unpaired) electrons. The topological polar surface area (TPSA) is 87.4 Å². The van der Waals surface area contributed by atoms with Crippen molar-refractivity contribution in [1.82, 2.24) is 0 Å². The summed E-state index contributed by atoms with van der Waals surface area (Å²) < 4.78 is 4.67. The van der Waals surface area contributed by atoms with Gasteiger partial charge in [0.05, 0.1) is 6.61 Å². The van der Waals surface area contributed by atoms with E-state index in [2.05, 4.69) is 19.5 Å². The van der Waals surface area contributed by atoms with Crippen molar-refractivity contribution in [1.29, 1.82) is 0 Å². The van der Waals surface area contributed by atoms with Crippen LogP contribution in [0.5, 0.6) is 0 Å². The van der Waals surface area contributed by atoms with Gasteiger partial charge in [-0.15, -0.1) is 0 Å². The van der Waals surface area contributed by atoms with Crippen molar-refractivity contribution in [2.75, 3.05) is 6.61 Å². The maximum atomic E-state index is 11.1. The van der Waals surface area contributed by atoms with Gasteiger partial charge >= 0.3 is 11.8 Å². The van der Waals surface area contributed by atoms with E-state index in [0.29, 0.717) is 5.84 Å². The van der Waals surface area contributed by atoms with Gasteiger partial charge in [-0.05, 0) is 11.9 Å². The highest BCUT2D eigenvalue weighted by atomic mass is 16.5. The van der Waals surface area contributed by atoms with Crippen molar-refractivity contribution in [3.05, 3.63) is 5.53 Å². The summed E-state index contributed by atoms with van der Waals surface area (Å²) in [5.74, 6) is -0.359. The molecule has 0 saturated carbocycles. The molecule has 0 saturated heterocycles. The number of amidine groups is 2. The largest absolute Gasteiger partial charge is 0.497 e. The average Bonchev–Trinajstić information content (AvgIpc) is 2.47. The number of esters is 1. The number of hydrogen-bond donors (Lipinski definition) is 0. The molecule has 0 atom stereocenters. The Hall–Kier alpha value is -1.81. The fraction of sp³-hybridized carbons (Fsp3) is 0.429. The highest BCUT2D eigenvalue weighted by molar-refractivity contribution is 6.67. The van der Waals surface area contributed by atoms with Gasteiger partial charge in [0.2, 0.25) is 5.84 Å². The molecule has 1 aliphatic rings. The lowest BCUT2D eigenvalue weighted by Crippen LogP contribution is -2.23. The average molecular weight is 180 g/mol. The van der Waals surface area contributed by atoms with Gasteiger partial charge in [-0.3, -0.25) is 0 Å². The predicted octanol–water partition coefficient (Wildman–Crippen LogP) is 0.0508.